The first-order valence-corrected chi connectivity index (χ1v) is 5.48. The highest BCUT2D eigenvalue weighted by Gasteiger charge is 2.22. The predicted molar refractivity (Wildman–Crippen MR) is 58.3 cm³/mol. The molecule has 1 saturated carbocycles. The van der Waals surface area contributed by atoms with Crippen molar-refractivity contribution in [3.05, 3.63) is 29.3 Å². The van der Waals surface area contributed by atoms with E-state index >= 15 is 0 Å². The Morgan fingerprint density at radius 3 is 2.86 bits per heavy atom. The standard InChI is InChI=1S/C12H16N2/c13-12-6-1-8-7-10(4-5-11(8)12)14-9-2-3-9/h4-5,7,9,12,14H,1-3,6,13H2. The maximum absolute atomic E-state index is 5.99. The van der Waals surface area contributed by atoms with E-state index in [1.807, 2.05) is 0 Å². The van der Waals surface area contributed by atoms with Gasteiger partial charge in [-0.3, -0.25) is 0 Å². The first-order valence-electron chi connectivity index (χ1n) is 5.48. The number of fused-ring (bicyclic) bond motifs is 1. The van der Waals surface area contributed by atoms with Crippen molar-refractivity contribution in [2.45, 2.75) is 37.8 Å². The molecule has 3 N–H and O–H groups in total. The van der Waals surface area contributed by atoms with Crippen LogP contribution in [-0.2, 0) is 6.42 Å². The number of aryl methyl sites for hydroxylation is 1. The molecule has 0 spiro atoms. The summed E-state index contributed by atoms with van der Waals surface area (Å²) in [6, 6.07) is 7.66. The molecule has 1 unspecified atom stereocenters. The molecule has 0 heterocycles. The second-order valence-corrected chi connectivity index (χ2v) is 4.48. The normalized spacial score (nSPS) is 24.8. The Labute approximate surface area is 84.5 Å². The van der Waals surface area contributed by atoms with Crippen LogP contribution < -0.4 is 11.1 Å². The second-order valence-electron chi connectivity index (χ2n) is 4.48. The molecule has 2 heteroatoms. The van der Waals surface area contributed by atoms with Gasteiger partial charge in [-0.05, 0) is 48.9 Å². The third-order valence-electron chi connectivity index (χ3n) is 3.22. The Kier molecular flexibility index (Phi) is 1.77. The number of nitrogens with two attached hydrogens (primary N) is 1. The first kappa shape index (κ1) is 8.30. The molecule has 0 amide bonds. The van der Waals surface area contributed by atoms with E-state index in [1.54, 1.807) is 0 Å². The van der Waals surface area contributed by atoms with Crippen LogP contribution in [-0.4, -0.2) is 6.04 Å². The zero-order chi connectivity index (χ0) is 9.54. The van der Waals surface area contributed by atoms with Crippen LogP contribution in [0.4, 0.5) is 5.69 Å². The highest BCUT2D eigenvalue weighted by Crippen LogP contribution is 2.32. The van der Waals surface area contributed by atoms with Crippen LogP contribution in [0.1, 0.15) is 36.4 Å². The third-order valence-corrected chi connectivity index (χ3v) is 3.22. The smallest absolute Gasteiger partial charge is 0.0345 e. The van der Waals surface area contributed by atoms with E-state index in [-0.39, 0.29) is 6.04 Å². The second kappa shape index (κ2) is 2.99. The fourth-order valence-corrected chi connectivity index (χ4v) is 2.20. The number of nitrogens with one attached hydrogen (secondary N) is 1. The van der Waals surface area contributed by atoms with Gasteiger partial charge in [-0.25, -0.2) is 0 Å². The molecule has 2 aliphatic carbocycles. The number of benzene rings is 1. The Hall–Kier alpha value is -1.02. The molecule has 1 aromatic carbocycles. The molecule has 1 atom stereocenters. The average molecular weight is 188 g/mol. The SMILES string of the molecule is NC1CCc2cc(NC3CC3)ccc21. The number of anilines is 1. The number of rotatable bonds is 2. The molecule has 0 aromatic heterocycles. The van der Waals surface area contributed by atoms with Gasteiger partial charge in [-0.2, -0.15) is 0 Å². The Morgan fingerprint density at radius 2 is 2.07 bits per heavy atom. The Morgan fingerprint density at radius 1 is 1.21 bits per heavy atom. The summed E-state index contributed by atoms with van der Waals surface area (Å²) < 4.78 is 0. The highest BCUT2D eigenvalue weighted by molar-refractivity contribution is 5.52. The van der Waals surface area contributed by atoms with Crippen LogP contribution in [0.25, 0.3) is 0 Å². The molecule has 14 heavy (non-hydrogen) atoms. The molecule has 1 fully saturated rings. The zero-order valence-electron chi connectivity index (χ0n) is 8.29. The topological polar surface area (TPSA) is 38.0 Å². The molecule has 74 valence electrons. The summed E-state index contributed by atoms with van der Waals surface area (Å²) in [5.74, 6) is 0. The van der Waals surface area contributed by atoms with E-state index in [9.17, 15) is 0 Å². The van der Waals surface area contributed by atoms with Gasteiger partial charge in [-0.1, -0.05) is 6.07 Å². The monoisotopic (exact) mass is 188 g/mol. The maximum atomic E-state index is 5.99. The molecule has 0 bridgehead atoms. The molecular formula is C12H16N2. The lowest BCUT2D eigenvalue weighted by atomic mass is 10.1. The largest absolute Gasteiger partial charge is 0.382 e. The lowest BCUT2D eigenvalue weighted by Crippen LogP contribution is -2.05. The molecule has 2 nitrogen and oxygen atoms in total. The molecule has 0 saturated heterocycles. The van der Waals surface area contributed by atoms with Gasteiger partial charge in [0.1, 0.15) is 0 Å². The number of hydrogen-bond acceptors (Lipinski definition) is 2. The summed E-state index contributed by atoms with van der Waals surface area (Å²) in [4.78, 5) is 0. The third kappa shape index (κ3) is 1.40. The highest BCUT2D eigenvalue weighted by atomic mass is 14.9. The zero-order valence-corrected chi connectivity index (χ0v) is 8.29. The van der Waals surface area contributed by atoms with E-state index in [2.05, 4.69) is 23.5 Å². The van der Waals surface area contributed by atoms with E-state index < -0.39 is 0 Å². The summed E-state index contributed by atoms with van der Waals surface area (Å²) in [5.41, 5.74) is 10.1. The Balaban J connectivity index is 1.87. The minimum absolute atomic E-state index is 0.278. The fourth-order valence-electron chi connectivity index (χ4n) is 2.20. The quantitative estimate of drug-likeness (QED) is 0.746. The van der Waals surface area contributed by atoms with Crippen molar-refractivity contribution >= 4 is 5.69 Å². The molecule has 3 rings (SSSR count). The molecule has 0 radical (unpaired) electrons. The van der Waals surface area contributed by atoms with Crippen LogP contribution in [0, 0.1) is 0 Å². The van der Waals surface area contributed by atoms with Crippen LogP contribution in [0.3, 0.4) is 0 Å². The van der Waals surface area contributed by atoms with Crippen LogP contribution in [0.2, 0.25) is 0 Å². The van der Waals surface area contributed by atoms with Crippen LogP contribution in [0.5, 0.6) is 0 Å². The molecular weight excluding hydrogens is 172 g/mol. The lowest BCUT2D eigenvalue weighted by molar-refractivity contribution is 0.713. The van der Waals surface area contributed by atoms with Crippen molar-refractivity contribution in [2.75, 3.05) is 5.32 Å². The van der Waals surface area contributed by atoms with Gasteiger partial charge in [-0.15, -0.1) is 0 Å². The Bertz CT molecular complexity index is 355. The summed E-state index contributed by atoms with van der Waals surface area (Å²) in [7, 11) is 0. The maximum Gasteiger partial charge on any atom is 0.0345 e. The minimum Gasteiger partial charge on any atom is -0.382 e. The summed E-state index contributed by atoms with van der Waals surface area (Å²) in [6.07, 6.45) is 4.92. The van der Waals surface area contributed by atoms with Gasteiger partial charge in [0.05, 0.1) is 0 Å². The van der Waals surface area contributed by atoms with Gasteiger partial charge in [0.2, 0.25) is 0 Å². The van der Waals surface area contributed by atoms with Gasteiger partial charge in [0, 0.05) is 17.8 Å². The van der Waals surface area contributed by atoms with Crippen molar-refractivity contribution in [1.82, 2.24) is 0 Å². The van der Waals surface area contributed by atoms with Crippen molar-refractivity contribution in [3.8, 4) is 0 Å². The van der Waals surface area contributed by atoms with Gasteiger partial charge in [0.25, 0.3) is 0 Å². The van der Waals surface area contributed by atoms with E-state index in [0.717, 1.165) is 18.9 Å². The van der Waals surface area contributed by atoms with Crippen LogP contribution in [0.15, 0.2) is 18.2 Å². The molecule has 2 aliphatic rings. The number of hydrogen-bond donors (Lipinski definition) is 2. The van der Waals surface area contributed by atoms with Crippen LogP contribution >= 0.6 is 0 Å². The van der Waals surface area contributed by atoms with E-state index in [1.165, 1.54) is 29.7 Å². The van der Waals surface area contributed by atoms with Crippen molar-refractivity contribution in [1.29, 1.82) is 0 Å². The summed E-state index contributed by atoms with van der Waals surface area (Å²) in [6.45, 7) is 0. The van der Waals surface area contributed by atoms with Crippen molar-refractivity contribution in [2.24, 2.45) is 5.73 Å². The lowest BCUT2D eigenvalue weighted by Gasteiger charge is -2.08. The van der Waals surface area contributed by atoms with Crippen molar-refractivity contribution < 1.29 is 0 Å². The van der Waals surface area contributed by atoms with Crippen molar-refractivity contribution in [3.63, 3.8) is 0 Å². The summed E-state index contributed by atoms with van der Waals surface area (Å²) >= 11 is 0. The first-order chi connectivity index (χ1) is 6.83. The molecule has 0 aliphatic heterocycles. The minimum atomic E-state index is 0.278. The van der Waals surface area contributed by atoms with E-state index in [4.69, 9.17) is 5.73 Å². The summed E-state index contributed by atoms with van der Waals surface area (Å²) in [5, 5.41) is 3.52. The van der Waals surface area contributed by atoms with Gasteiger partial charge >= 0.3 is 0 Å². The predicted octanol–water partition coefficient (Wildman–Crippen LogP) is 2.21. The fraction of sp³-hybridized carbons (Fsp3) is 0.500. The van der Waals surface area contributed by atoms with Gasteiger partial charge < -0.3 is 11.1 Å². The average Bonchev–Trinajstić information content (AvgIpc) is 2.92. The van der Waals surface area contributed by atoms with Gasteiger partial charge in [0.15, 0.2) is 0 Å². The van der Waals surface area contributed by atoms with E-state index in [0.29, 0.717) is 0 Å². The molecule has 1 aromatic rings.